The molecule has 5 atom stereocenters. The summed E-state index contributed by atoms with van der Waals surface area (Å²) in [6.45, 7) is 5.37. The SMILES string of the molecule is CC(=O)C1(C(C)=O)Cc2ccc([C@@]3(O)CC[C@H]4[C@@H]5CCc6cc(O)ccc6[C@H]5CC[C@@]43C)cc2C1. The van der Waals surface area contributed by atoms with Gasteiger partial charge in [0.15, 0.2) is 0 Å². The fraction of sp³-hybridized carbons (Fsp3) is 0.548. The number of benzene rings is 2. The third-order valence-electron chi connectivity index (χ3n) is 10.9. The second-order valence-corrected chi connectivity index (χ2v) is 12.2. The van der Waals surface area contributed by atoms with Crippen LogP contribution in [0.3, 0.4) is 0 Å². The molecule has 0 aromatic heterocycles. The van der Waals surface area contributed by atoms with Gasteiger partial charge in [0.25, 0.3) is 0 Å². The molecule has 4 heteroatoms. The summed E-state index contributed by atoms with van der Waals surface area (Å²) in [5.41, 5.74) is 3.74. The van der Waals surface area contributed by atoms with Crippen LogP contribution in [0.15, 0.2) is 36.4 Å². The predicted octanol–water partition coefficient (Wildman–Crippen LogP) is 5.40. The maximum absolute atomic E-state index is 12.5. The van der Waals surface area contributed by atoms with E-state index in [0.717, 1.165) is 55.2 Å². The molecule has 4 nitrogen and oxygen atoms in total. The van der Waals surface area contributed by atoms with Crippen LogP contribution >= 0.6 is 0 Å². The first-order valence-corrected chi connectivity index (χ1v) is 13.3. The van der Waals surface area contributed by atoms with E-state index in [2.05, 4.69) is 31.2 Å². The summed E-state index contributed by atoms with van der Waals surface area (Å²) in [7, 11) is 0. The summed E-state index contributed by atoms with van der Waals surface area (Å²) in [6, 6.07) is 12.1. The molecule has 0 bridgehead atoms. The molecule has 2 saturated carbocycles. The van der Waals surface area contributed by atoms with Crippen molar-refractivity contribution in [3.8, 4) is 5.75 Å². The minimum atomic E-state index is -0.937. The molecule has 0 saturated heterocycles. The molecule has 0 radical (unpaired) electrons. The quantitative estimate of drug-likeness (QED) is 0.587. The highest BCUT2D eigenvalue weighted by atomic mass is 16.3. The van der Waals surface area contributed by atoms with Gasteiger partial charge in [-0.2, -0.15) is 0 Å². The molecule has 0 unspecified atom stereocenters. The van der Waals surface area contributed by atoms with Gasteiger partial charge in [-0.15, -0.1) is 0 Å². The second kappa shape index (κ2) is 7.52. The van der Waals surface area contributed by atoms with Gasteiger partial charge < -0.3 is 10.2 Å². The number of phenols is 1. The molecule has 2 fully saturated rings. The van der Waals surface area contributed by atoms with Crippen LogP contribution in [0.25, 0.3) is 0 Å². The molecular formula is C31H36O4. The molecular weight excluding hydrogens is 436 g/mol. The lowest BCUT2D eigenvalue weighted by Gasteiger charge is -2.53. The molecule has 0 spiro atoms. The largest absolute Gasteiger partial charge is 0.508 e. The highest BCUT2D eigenvalue weighted by Gasteiger charge is 2.62. The predicted molar refractivity (Wildman–Crippen MR) is 134 cm³/mol. The Kier molecular flexibility index (Phi) is 4.94. The Labute approximate surface area is 207 Å². The summed E-state index contributed by atoms with van der Waals surface area (Å²) in [4.78, 5) is 25.0. The van der Waals surface area contributed by atoms with E-state index < -0.39 is 11.0 Å². The summed E-state index contributed by atoms with van der Waals surface area (Å²) < 4.78 is 0. The van der Waals surface area contributed by atoms with Crippen molar-refractivity contribution < 1.29 is 19.8 Å². The minimum absolute atomic E-state index is 0.0569. The average molecular weight is 473 g/mol. The van der Waals surface area contributed by atoms with Crippen molar-refractivity contribution in [2.75, 3.05) is 0 Å². The van der Waals surface area contributed by atoms with E-state index in [1.165, 1.54) is 25.0 Å². The minimum Gasteiger partial charge on any atom is -0.508 e. The number of ketones is 2. The number of aromatic hydroxyl groups is 1. The van der Waals surface area contributed by atoms with Gasteiger partial charge in [-0.05, 0) is 123 Å². The molecule has 0 heterocycles. The van der Waals surface area contributed by atoms with Crippen molar-refractivity contribution in [3.63, 3.8) is 0 Å². The standard InChI is InChI=1S/C31H36O4/c1-18(32)30(19(2)33)16-21-4-6-23(14-22(21)17-30)31(35)13-11-28-27-8-5-20-15-24(34)7-9-25(20)26(27)10-12-29(28,31)3/h4,6-7,9,14-15,26-28,34-35H,5,8,10-13,16-17H2,1-3H3/t26-,27-,28+,29+,31+/m1/s1. The molecule has 6 rings (SSSR count). The van der Waals surface area contributed by atoms with Gasteiger partial charge in [-0.3, -0.25) is 9.59 Å². The van der Waals surface area contributed by atoms with Crippen molar-refractivity contribution >= 4 is 11.6 Å². The van der Waals surface area contributed by atoms with Crippen molar-refractivity contribution in [1.29, 1.82) is 0 Å². The lowest BCUT2D eigenvalue weighted by atomic mass is 9.52. The number of Topliss-reactive ketones (excluding diaryl/α,β-unsaturated/α-hetero) is 2. The Hall–Kier alpha value is -2.46. The maximum Gasteiger partial charge on any atom is 0.144 e. The van der Waals surface area contributed by atoms with Gasteiger partial charge >= 0.3 is 0 Å². The van der Waals surface area contributed by atoms with Crippen LogP contribution < -0.4 is 0 Å². The number of aryl methyl sites for hydroxylation is 1. The lowest BCUT2D eigenvalue weighted by Crippen LogP contribution is -2.49. The molecule has 4 aliphatic carbocycles. The van der Waals surface area contributed by atoms with Crippen molar-refractivity contribution in [1.82, 2.24) is 0 Å². The normalized spacial score (nSPS) is 34.5. The number of hydrogen-bond acceptors (Lipinski definition) is 4. The van der Waals surface area contributed by atoms with Crippen molar-refractivity contribution in [3.05, 3.63) is 64.2 Å². The van der Waals surface area contributed by atoms with Gasteiger partial charge in [-0.1, -0.05) is 31.2 Å². The number of phenolic OH excluding ortho intramolecular Hbond substituents is 1. The third-order valence-corrected chi connectivity index (χ3v) is 10.9. The number of hydrogen-bond donors (Lipinski definition) is 2. The summed E-state index contributed by atoms with van der Waals surface area (Å²) in [5.74, 6) is 1.75. The first-order valence-electron chi connectivity index (χ1n) is 13.3. The number of fused-ring (bicyclic) bond motifs is 6. The summed E-state index contributed by atoms with van der Waals surface area (Å²) >= 11 is 0. The zero-order valence-electron chi connectivity index (χ0n) is 21.1. The average Bonchev–Trinajstić information content (AvgIpc) is 3.35. The molecule has 2 aromatic rings. The van der Waals surface area contributed by atoms with Crippen LogP contribution in [-0.2, 0) is 34.5 Å². The van der Waals surface area contributed by atoms with E-state index in [1.54, 1.807) is 0 Å². The zero-order valence-corrected chi connectivity index (χ0v) is 21.1. The van der Waals surface area contributed by atoms with E-state index >= 15 is 0 Å². The molecule has 2 N–H and O–H groups in total. The van der Waals surface area contributed by atoms with Crippen LogP contribution in [-0.4, -0.2) is 21.8 Å². The Morgan fingerprint density at radius 2 is 1.63 bits per heavy atom. The summed E-state index contributed by atoms with van der Waals surface area (Å²) in [6.07, 6.45) is 6.83. The van der Waals surface area contributed by atoms with Gasteiger partial charge in [0, 0.05) is 5.41 Å². The molecule has 2 aromatic carbocycles. The summed E-state index contributed by atoms with van der Waals surface area (Å²) in [5, 5.41) is 22.3. The first kappa shape index (κ1) is 23.0. The molecule has 35 heavy (non-hydrogen) atoms. The van der Waals surface area contributed by atoms with E-state index in [9.17, 15) is 19.8 Å². The number of carbonyl (C=O) groups excluding carboxylic acids is 2. The molecule has 0 aliphatic heterocycles. The van der Waals surface area contributed by atoms with Crippen LogP contribution in [0, 0.1) is 22.7 Å². The van der Waals surface area contributed by atoms with Crippen molar-refractivity contribution in [2.24, 2.45) is 22.7 Å². The third kappa shape index (κ3) is 3.02. The van der Waals surface area contributed by atoms with Gasteiger partial charge in [-0.25, -0.2) is 0 Å². The van der Waals surface area contributed by atoms with E-state index in [1.807, 2.05) is 12.1 Å². The zero-order chi connectivity index (χ0) is 24.8. The monoisotopic (exact) mass is 472 g/mol. The Morgan fingerprint density at radius 3 is 2.37 bits per heavy atom. The Bertz CT molecular complexity index is 1230. The van der Waals surface area contributed by atoms with Crippen molar-refractivity contribution in [2.45, 2.75) is 83.7 Å². The Balaban J connectivity index is 1.33. The second-order valence-electron chi connectivity index (χ2n) is 12.2. The van der Waals surface area contributed by atoms with Crippen LogP contribution in [0.2, 0.25) is 0 Å². The first-order chi connectivity index (χ1) is 16.6. The fourth-order valence-corrected chi connectivity index (χ4v) is 8.74. The molecule has 4 aliphatic rings. The number of carbonyl (C=O) groups is 2. The van der Waals surface area contributed by atoms with E-state index in [-0.39, 0.29) is 17.0 Å². The van der Waals surface area contributed by atoms with E-state index in [0.29, 0.717) is 36.3 Å². The fourth-order valence-electron chi connectivity index (χ4n) is 8.74. The molecule has 184 valence electrons. The van der Waals surface area contributed by atoms with Gasteiger partial charge in [0.2, 0.25) is 0 Å². The highest BCUT2D eigenvalue weighted by Crippen LogP contribution is 2.67. The maximum atomic E-state index is 12.5. The van der Waals surface area contributed by atoms with E-state index in [4.69, 9.17) is 0 Å². The number of aliphatic hydroxyl groups is 1. The lowest BCUT2D eigenvalue weighted by molar-refractivity contribution is -0.137. The smallest absolute Gasteiger partial charge is 0.144 e. The van der Waals surface area contributed by atoms with Crippen LogP contribution in [0.1, 0.15) is 86.6 Å². The van der Waals surface area contributed by atoms with Crippen LogP contribution in [0.5, 0.6) is 5.75 Å². The Morgan fingerprint density at radius 1 is 0.886 bits per heavy atom. The number of rotatable bonds is 3. The topological polar surface area (TPSA) is 74.6 Å². The van der Waals surface area contributed by atoms with Crippen LogP contribution in [0.4, 0.5) is 0 Å². The van der Waals surface area contributed by atoms with Gasteiger partial charge in [0.1, 0.15) is 17.3 Å². The van der Waals surface area contributed by atoms with Gasteiger partial charge in [0.05, 0.1) is 11.0 Å². The molecule has 0 amide bonds. The highest BCUT2D eigenvalue weighted by molar-refractivity contribution is 6.06.